The van der Waals surface area contributed by atoms with Crippen LogP contribution in [0.1, 0.15) is 57.0 Å². The van der Waals surface area contributed by atoms with Crippen LogP contribution < -0.4 is 5.73 Å². The number of nitrogens with zero attached hydrogens (tertiary/aromatic N) is 2. The number of hydrogen-bond donors (Lipinski definition) is 1. The van der Waals surface area contributed by atoms with Crippen LogP contribution in [0.25, 0.3) is 0 Å². The Kier molecular flexibility index (Phi) is 2.79. The molecule has 1 aromatic heterocycles. The highest BCUT2D eigenvalue weighted by Gasteiger charge is 2.52. The third-order valence-corrected chi connectivity index (χ3v) is 6.00. The maximum Gasteiger partial charge on any atom is 0.110 e. The van der Waals surface area contributed by atoms with E-state index in [1.54, 1.807) is 0 Å². The molecule has 0 amide bonds. The van der Waals surface area contributed by atoms with E-state index in [-0.39, 0.29) is 6.04 Å². The van der Waals surface area contributed by atoms with Gasteiger partial charge in [0.1, 0.15) is 5.82 Å². The van der Waals surface area contributed by atoms with Crippen molar-refractivity contribution in [2.75, 3.05) is 0 Å². The van der Waals surface area contributed by atoms with Gasteiger partial charge in [0.05, 0.1) is 0 Å². The van der Waals surface area contributed by atoms with Crippen LogP contribution in [-0.4, -0.2) is 15.6 Å². The molecule has 1 atom stereocenters. The van der Waals surface area contributed by atoms with Crippen LogP contribution in [0.15, 0.2) is 6.20 Å². The molecule has 5 rings (SSSR count). The summed E-state index contributed by atoms with van der Waals surface area (Å²) in [6.07, 6.45) is 11.6. The summed E-state index contributed by atoms with van der Waals surface area (Å²) in [4.78, 5) is 4.70. The second-order valence-corrected chi connectivity index (χ2v) is 7.97. The van der Waals surface area contributed by atoms with Crippen molar-refractivity contribution in [1.82, 2.24) is 9.55 Å². The van der Waals surface area contributed by atoms with Crippen molar-refractivity contribution in [2.24, 2.45) is 23.5 Å². The van der Waals surface area contributed by atoms with Crippen molar-refractivity contribution in [3.05, 3.63) is 17.7 Å². The highest BCUT2D eigenvalue weighted by atomic mass is 15.2. The number of imidazole rings is 1. The lowest BCUT2D eigenvalue weighted by Gasteiger charge is -2.58. The first-order chi connectivity index (χ1) is 9.56. The molecule has 1 unspecified atom stereocenters. The number of aryl methyl sites for hydroxylation is 1. The fourth-order valence-electron chi connectivity index (χ4n) is 5.91. The van der Waals surface area contributed by atoms with Gasteiger partial charge in [-0.05, 0) is 70.1 Å². The van der Waals surface area contributed by atoms with Crippen LogP contribution >= 0.6 is 0 Å². The Bertz CT molecular complexity index is 479. The van der Waals surface area contributed by atoms with Crippen LogP contribution in [0, 0.1) is 24.7 Å². The van der Waals surface area contributed by atoms with E-state index in [1.807, 2.05) is 0 Å². The van der Waals surface area contributed by atoms with E-state index in [0.29, 0.717) is 5.54 Å². The first kappa shape index (κ1) is 12.9. The second-order valence-electron chi connectivity index (χ2n) is 7.97. The van der Waals surface area contributed by atoms with E-state index >= 15 is 0 Å². The molecule has 0 aromatic carbocycles. The molecule has 4 saturated carbocycles. The fourth-order valence-corrected chi connectivity index (χ4v) is 5.91. The first-order valence-corrected chi connectivity index (χ1v) is 8.35. The van der Waals surface area contributed by atoms with Gasteiger partial charge in [0.2, 0.25) is 0 Å². The van der Waals surface area contributed by atoms with Gasteiger partial charge in [0.25, 0.3) is 0 Å². The Morgan fingerprint density at radius 2 is 1.80 bits per heavy atom. The summed E-state index contributed by atoms with van der Waals surface area (Å²) < 4.78 is 2.61. The summed E-state index contributed by atoms with van der Waals surface area (Å²) in [5.41, 5.74) is 7.78. The number of hydrogen-bond acceptors (Lipinski definition) is 2. The van der Waals surface area contributed by atoms with Crippen molar-refractivity contribution in [2.45, 2.75) is 70.4 Å². The summed E-state index contributed by atoms with van der Waals surface area (Å²) >= 11 is 0. The standard InChI is InChI=1S/C17H27N3/c1-11(18)3-16-19-10-12(2)20(16)17-7-13-4-14(8-17)6-15(5-13)9-17/h10-11,13-15H,3-9,18H2,1-2H3. The molecule has 3 heteroatoms. The molecule has 4 aliphatic rings. The average molecular weight is 273 g/mol. The molecular formula is C17H27N3. The molecule has 0 aliphatic heterocycles. The zero-order chi connectivity index (χ0) is 13.9. The molecule has 4 bridgehead atoms. The Labute approximate surface area is 122 Å². The van der Waals surface area contributed by atoms with Crippen LogP contribution in [0.2, 0.25) is 0 Å². The summed E-state index contributed by atoms with van der Waals surface area (Å²) in [5, 5.41) is 0. The van der Waals surface area contributed by atoms with Crippen molar-refractivity contribution < 1.29 is 0 Å². The van der Waals surface area contributed by atoms with Gasteiger partial charge >= 0.3 is 0 Å². The summed E-state index contributed by atoms with van der Waals surface area (Å²) in [6.45, 7) is 4.32. The average Bonchev–Trinajstić information content (AvgIpc) is 2.68. The molecule has 0 spiro atoms. The minimum Gasteiger partial charge on any atom is -0.328 e. The second kappa shape index (κ2) is 4.33. The Hall–Kier alpha value is -0.830. The maximum absolute atomic E-state index is 6.04. The van der Waals surface area contributed by atoms with E-state index in [9.17, 15) is 0 Å². The topological polar surface area (TPSA) is 43.8 Å². The summed E-state index contributed by atoms with van der Waals surface area (Å²) in [7, 11) is 0. The van der Waals surface area contributed by atoms with Crippen molar-refractivity contribution >= 4 is 0 Å². The molecule has 20 heavy (non-hydrogen) atoms. The van der Waals surface area contributed by atoms with E-state index in [1.165, 1.54) is 50.0 Å². The molecule has 4 aliphatic carbocycles. The monoisotopic (exact) mass is 273 g/mol. The van der Waals surface area contributed by atoms with Gasteiger partial charge in [0.15, 0.2) is 0 Å². The van der Waals surface area contributed by atoms with Gasteiger partial charge in [-0.1, -0.05) is 0 Å². The predicted molar refractivity (Wildman–Crippen MR) is 80.5 cm³/mol. The largest absolute Gasteiger partial charge is 0.328 e. The lowest BCUT2D eigenvalue weighted by Crippen LogP contribution is -2.52. The number of rotatable bonds is 3. The zero-order valence-electron chi connectivity index (χ0n) is 12.8. The van der Waals surface area contributed by atoms with Crippen LogP contribution in [0.5, 0.6) is 0 Å². The van der Waals surface area contributed by atoms with Gasteiger partial charge in [-0.3, -0.25) is 0 Å². The Morgan fingerprint density at radius 3 is 2.30 bits per heavy atom. The van der Waals surface area contributed by atoms with E-state index in [4.69, 9.17) is 10.7 Å². The van der Waals surface area contributed by atoms with Crippen molar-refractivity contribution in [1.29, 1.82) is 0 Å². The normalized spacial score (nSPS) is 40.2. The Morgan fingerprint density at radius 1 is 1.25 bits per heavy atom. The summed E-state index contributed by atoms with van der Waals surface area (Å²) in [6, 6.07) is 0.199. The minimum absolute atomic E-state index is 0.199. The van der Waals surface area contributed by atoms with E-state index in [2.05, 4.69) is 24.6 Å². The lowest BCUT2D eigenvalue weighted by atomic mass is 9.53. The zero-order valence-corrected chi connectivity index (χ0v) is 12.8. The molecule has 0 radical (unpaired) electrons. The quantitative estimate of drug-likeness (QED) is 0.920. The molecular weight excluding hydrogens is 246 g/mol. The highest BCUT2D eigenvalue weighted by Crippen LogP contribution is 2.59. The third kappa shape index (κ3) is 1.86. The minimum atomic E-state index is 0.199. The highest BCUT2D eigenvalue weighted by molar-refractivity contribution is 5.15. The maximum atomic E-state index is 6.04. The summed E-state index contributed by atoms with van der Waals surface area (Å²) in [5.74, 6) is 4.17. The fraction of sp³-hybridized carbons (Fsp3) is 0.824. The molecule has 110 valence electrons. The Balaban J connectivity index is 1.75. The predicted octanol–water partition coefficient (Wildman–Crippen LogP) is 3.01. The third-order valence-electron chi connectivity index (χ3n) is 6.00. The van der Waals surface area contributed by atoms with Gasteiger partial charge in [0, 0.05) is 29.9 Å². The van der Waals surface area contributed by atoms with Gasteiger partial charge in [-0.2, -0.15) is 0 Å². The molecule has 2 N–H and O–H groups in total. The van der Waals surface area contributed by atoms with Crippen LogP contribution in [-0.2, 0) is 12.0 Å². The number of aromatic nitrogens is 2. The van der Waals surface area contributed by atoms with E-state index in [0.717, 1.165) is 24.2 Å². The molecule has 1 heterocycles. The van der Waals surface area contributed by atoms with E-state index < -0.39 is 0 Å². The van der Waals surface area contributed by atoms with Gasteiger partial charge in [-0.25, -0.2) is 4.98 Å². The molecule has 1 aromatic rings. The number of nitrogens with two attached hydrogens (primary N) is 1. The SMILES string of the molecule is Cc1cnc(CC(C)N)n1C12CC3CC(CC(C3)C1)C2. The van der Waals surface area contributed by atoms with Gasteiger partial charge in [-0.15, -0.1) is 0 Å². The molecule has 0 saturated heterocycles. The molecule has 4 fully saturated rings. The van der Waals surface area contributed by atoms with Gasteiger partial charge < -0.3 is 10.3 Å². The molecule has 3 nitrogen and oxygen atoms in total. The van der Waals surface area contributed by atoms with Crippen molar-refractivity contribution in [3.63, 3.8) is 0 Å². The first-order valence-electron chi connectivity index (χ1n) is 8.35. The van der Waals surface area contributed by atoms with Crippen LogP contribution in [0.3, 0.4) is 0 Å². The lowest BCUT2D eigenvalue weighted by molar-refractivity contribution is -0.0453. The van der Waals surface area contributed by atoms with Crippen molar-refractivity contribution in [3.8, 4) is 0 Å². The smallest absolute Gasteiger partial charge is 0.110 e. The van der Waals surface area contributed by atoms with Crippen LogP contribution in [0.4, 0.5) is 0 Å².